The zero-order valence-corrected chi connectivity index (χ0v) is 19.9. The van der Waals surface area contributed by atoms with E-state index in [1.165, 1.54) is 22.3 Å². The molecule has 0 radical (unpaired) electrons. The molecule has 7 heteroatoms. The van der Waals surface area contributed by atoms with Crippen molar-refractivity contribution in [2.45, 2.75) is 31.3 Å². The van der Waals surface area contributed by atoms with Crippen molar-refractivity contribution in [1.29, 1.82) is 0 Å². The zero-order valence-electron chi connectivity index (χ0n) is 19.9. The molecule has 0 N–H and O–H groups in total. The van der Waals surface area contributed by atoms with E-state index in [9.17, 15) is 14.9 Å². The fraction of sp³-hybridized carbons (Fsp3) is 0.276. The molecule has 2 atom stereocenters. The number of fused-ring (bicyclic) bond motifs is 5. The van der Waals surface area contributed by atoms with Gasteiger partial charge in [0.25, 0.3) is 5.69 Å². The maximum Gasteiger partial charge on any atom is 0.410 e. The Morgan fingerprint density at radius 3 is 2.42 bits per heavy atom. The Bertz CT molecular complexity index is 1350. The first-order chi connectivity index (χ1) is 17.5. The Balaban J connectivity index is 1.22. The van der Waals surface area contributed by atoms with Gasteiger partial charge in [0.05, 0.1) is 30.2 Å². The van der Waals surface area contributed by atoms with Gasteiger partial charge in [0, 0.05) is 17.5 Å². The van der Waals surface area contributed by atoms with Crippen LogP contribution in [0, 0.1) is 17.0 Å². The van der Waals surface area contributed by atoms with Gasteiger partial charge in [-0.3, -0.25) is 15.0 Å². The molecule has 1 amide bonds. The molecule has 3 aliphatic rings. The lowest BCUT2D eigenvalue weighted by Gasteiger charge is -2.44. The molecule has 3 aromatic rings. The molecule has 2 bridgehead atoms. The molecule has 0 saturated carbocycles. The van der Waals surface area contributed by atoms with E-state index >= 15 is 0 Å². The minimum atomic E-state index is -0.352. The number of carbonyl (C=O) groups is 1. The van der Waals surface area contributed by atoms with Crippen molar-refractivity contribution in [3.8, 4) is 11.1 Å². The summed E-state index contributed by atoms with van der Waals surface area (Å²) in [5.74, 6) is 0.00133. The fourth-order valence-electron chi connectivity index (χ4n) is 5.77. The molecule has 2 aliphatic heterocycles. The molecule has 6 rings (SSSR count). The average Bonchev–Trinajstić information content (AvgIpc) is 3.20. The highest BCUT2D eigenvalue weighted by atomic mass is 16.6. The summed E-state index contributed by atoms with van der Waals surface area (Å²) < 4.78 is 11.7. The molecule has 2 heterocycles. The smallest absolute Gasteiger partial charge is 0.410 e. The van der Waals surface area contributed by atoms with E-state index in [0.29, 0.717) is 25.2 Å². The highest BCUT2D eigenvalue weighted by Gasteiger charge is 2.40. The van der Waals surface area contributed by atoms with E-state index in [2.05, 4.69) is 24.3 Å². The van der Waals surface area contributed by atoms with Crippen molar-refractivity contribution in [2.24, 2.45) is 0 Å². The first-order valence-electron chi connectivity index (χ1n) is 12.2. The monoisotopic (exact) mass is 482 g/mol. The SMILES string of the molecule is Cc1ccc(C2=CC3COCC(C2)N3C(=O)OCC2c3ccccc3-c3ccccc32)cc1[N+](=O)[O-]. The summed E-state index contributed by atoms with van der Waals surface area (Å²) in [6, 6.07) is 21.4. The van der Waals surface area contributed by atoms with Gasteiger partial charge in [-0.2, -0.15) is 0 Å². The number of carbonyl (C=O) groups excluding carboxylic acids is 1. The van der Waals surface area contributed by atoms with E-state index in [0.717, 1.165) is 11.1 Å². The van der Waals surface area contributed by atoms with Crippen molar-refractivity contribution in [1.82, 2.24) is 4.90 Å². The van der Waals surface area contributed by atoms with Crippen LogP contribution < -0.4 is 0 Å². The maximum atomic E-state index is 13.4. The van der Waals surface area contributed by atoms with E-state index < -0.39 is 0 Å². The second kappa shape index (κ2) is 8.91. The number of nitro groups is 1. The van der Waals surface area contributed by atoms with Gasteiger partial charge in [0.2, 0.25) is 0 Å². The van der Waals surface area contributed by atoms with Crippen LogP contribution in [-0.2, 0) is 9.47 Å². The third kappa shape index (κ3) is 3.76. The first-order valence-corrected chi connectivity index (χ1v) is 12.2. The number of benzene rings is 3. The van der Waals surface area contributed by atoms with E-state index in [1.807, 2.05) is 36.4 Å². The number of morpholine rings is 1. The molecule has 1 fully saturated rings. The van der Waals surface area contributed by atoms with Crippen LogP contribution in [0.3, 0.4) is 0 Å². The Hall–Kier alpha value is -3.97. The van der Waals surface area contributed by atoms with Gasteiger partial charge < -0.3 is 9.47 Å². The molecular formula is C29H26N2O5. The predicted molar refractivity (Wildman–Crippen MR) is 136 cm³/mol. The largest absolute Gasteiger partial charge is 0.448 e. The topological polar surface area (TPSA) is 81.9 Å². The predicted octanol–water partition coefficient (Wildman–Crippen LogP) is 5.71. The average molecular weight is 483 g/mol. The van der Waals surface area contributed by atoms with Crippen LogP contribution in [0.25, 0.3) is 16.7 Å². The van der Waals surface area contributed by atoms with Crippen molar-refractivity contribution in [2.75, 3.05) is 19.8 Å². The van der Waals surface area contributed by atoms with Crippen molar-refractivity contribution in [3.63, 3.8) is 0 Å². The first kappa shape index (κ1) is 22.5. The van der Waals surface area contributed by atoms with Gasteiger partial charge in [-0.05, 0) is 46.7 Å². The molecule has 0 spiro atoms. The minimum absolute atomic E-state index is 0.00133. The minimum Gasteiger partial charge on any atom is -0.448 e. The summed E-state index contributed by atoms with van der Waals surface area (Å²) >= 11 is 0. The van der Waals surface area contributed by atoms with Crippen molar-refractivity contribution < 1.29 is 19.2 Å². The van der Waals surface area contributed by atoms with Crippen LogP contribution in [-0.4, -0.2) is 47.8 Å². The highest BCUT2D eigenvalue weighted by Crippen LogP contribution is 2.44. The molecule has 1 aliphatic carbocycles. The van der Waals surface area contributed by atoms with Crippen LogP contribution in [0.1, 0.15) is 34.6 Å². The van der Waals surface area contributed by atoms with Gasteiger partial charge in [-0.25, -0.2) is 4.79 Å². The quantitative estimate of drug-likeness (QED) is 0.351. The summed E-state index contributed by atoms with van der Waals surface area (Å²) in [4.78, 5) is 26.2. The highest BCUT2D eigenvalue weighted by molar-refractivity contribution is 5.79. The Labute approximate surface area is 209 Å². The lowest BCUT2D eigenvalue weighted by molar-refractivity contribution is -0.385. The van der Waals surface area contributed by atoms with Gasteiger partial charge in [-0.1, -0.05) is 66.7 Å². The van der Waals surface area contributed by atoms with E-state index in [4.69, 9.17) is 9.47 Å². The van der Waals surface area contributed by atoms with Crippen LogP contribution in [0.2, 0.25) is 0 Å². The standard InChI is InChI=1S/C29H26N2O5/c1-18-10-11-19(14-28(18)31(33)34)20-12-21-15-35-16-22(13-20)30(21)29(32)36-17-27-25-8-4-2-6-23(25)24-7-3-5-9-26(24)27/h2-12,14,21-22,27H,13,15-17H2,1H3. The van der Waals surface area contributed by atoms with Crippen molar-refractivity contribution in [3.05, 3.63) is 105 Å². The van der Waals surface area contributed by atoms with Crippen LogP contribution in [0.5, 0.6) is 0 Å². The Kier molecular flexibility index (Phi) is 5.57. The second-order valence-electron chi connectivity index (χ2n) is 9.62. The third-order valence-electron chi connectivity index (χ3n) is 7.52. The summed E-state index contributed by atoms with van der Waals surface area (Å²) in [7, 11) is 0. The normalized spacial score (nSPS) is 20.4. The number of nitro benzene ring substituents is 1. The molecule has 1 saturated heterocycles. The number of aryl methyl sites for hydroxylation is 1. The number of nitrogens with zero attached hydrogens (tertiary/aromatic N) is 2. The zero-order chi connectivity index (χ0) is 24.8. The van der Waals surface area contributed by atoms with Crippen LogP contribution in [0.4, 0.5) is 10.5 Å². The number of amides is 1. The van der Waals surface area contributed by atoms with Gasteiger partial charge in [0.15, 0.2) is 0 Å². The summed E-state index contributed by atoms with van der Waals surface area (Å²) in [5.41, 5.74) is 7.29. The molecule has 7 nitrogen and oxygen atoms in total. The Morgan fingerprint density at radius 1 is 1.06 bits per heavy atom. The molecular weight excluding hydrogens is 456 g/mol. The molecule has 36 heavy (non-hydrogen) atoms. The number of ether oxygens (including phenoxy) is 2. The van der Waals surface area contributed by atoms with E-state index in [-0.39, 0.29) is 41.3 Å². The summed E-state index contributed by atoms with van der Waals surface area (Å²) in [6.07, 6.45) is 2.20. The lowest BCUT2D eigenvalue weighted by Crippen LogP contribution is -2.56. The number of hydrogen-bond acceptors (Lipinski definition) is 5. The molecule has 0 aromatic heterocycles. The van der Waals surface area contributed by atoms with Crippen molar-refractivity contribution >= 4 is 17.4 Å². The molecule has 2 unspecified atom stereocenters. The number of rotatable bonds is 4. The van der Waals surface area contributed by atoms with Gasteiger partial charge >= 0.3 is 6.09 Å². The van der Waals surface area contributed by atoms with E-state index in [1.54, 1.807) is 24.0 Å². The fourth-order valence-corrected chi connectivity index (χ4v) is 5.77. The van der Waals surface area contributed by atoms with Gasteiger partial charge in [0.1, 0.15) is 6.61 Å². The Morgan fingerprint density at radius 2 is 1.75 bits per heavy atom. The van der Waals surface area contributed by atoms with Gasteiger partial charge in [-0.15, -0.1) is 0 Å². The molecule has 3 aromatic carbocycles. The van der Waals surface area contributed by atoms with Crippen LogP contribution >= 0.6 is 0 Å². The summed E-state index contributed by atoms with van der Waals surface area (Å²) in [6.45, 7) is 2.78. The summed E-state index contributed by atoms with van der Waals surface area (Å²) in [5, 5.41) is 11.4. The maximum absolute atomic E-state index is 13.4. The number of hydrogen-bond donors (Lipinski definition) is 0. The molecule has 182 valence electrons. The van der Waals surface area contributed by atoms with Crippen LogP contribution in [0.15, 0.2) is 72.8 Å². The lowest BCUT2D eigenvalue weighted by atomic mass is 9.89. The second-order valence-corrected chi connectivity index (χ2v) is 9.62. The third-order valence-corrected chi connectivity index (χ3v) is 7.52.